The molecule has 0 saturated heterocycles. The maximum absolute atomic E-state index is 12.4. The second kappa shape index (κ2) is 9.50. The molecule has 3 aromatic rings. The van der Waals surface area contributed by atoms with Crippen LogP contribution in [0.2, 0.25) is 0 Å². The van der Waals surface area contributed by atoms with Crippen molar-refractivity contribution >= 4 is 17.5 Å². The molecular formula is C23H23N3O3. The Labute approximate surface area is 169 Å². The van der Waals surface area contributed by atoms with E-state index < -0.39 is 6.04 Å². The minimum Gasteiger partial charge on any atom is -0.473 e. The van der Waals surface area contributed by atoms with Gasteiger partial charge in [-0.05, 0) is 37.6 Å². The molecule has 0 spiro atoms. The highest BCUT2D eigenvalue weighted by molar-refractivity contribution is 6.00. The van der Waals surface area contributed by atoms with E-state index in [1.54, 1.807) is 31.2 Å². The number of aromatic nitrogens is 1. The maximum atomic E-state index is 12.4. The van der Waals surface area contributed by atoms with E-state index in [0.717, 1.165) is 11.1 Å². The Bertz CT molecular complexity index is 972. The van der Waals surface area contributed by atoms with Crippen LogP contribution in [0.1, 0.15) is 28.4 Å². The third-order valence-corrected chi connectivity index (χ3v) is 4.25. The molecule has 0 radical (unpaired) electrons. The zero-order chi connectivity index (χ0) is 20.6. The van der Waals surface area contributed by atoms with E-state index >= 15 is 0 Å². The molecule has 6 nitrogen and oxygen atoms in total. The highest BCUT2D eigenvalue weighted by atomic mass is 16.5. The van der Waals surface area contributed by atoms with Crippen LogP contribution in [0.3, 0.4) is 0 Å². The Kier molecular flexibility index (Phi) is 6.58. The fourth-order valence-electron chi connectivity index (χ4n) is 2.65. The molecule has 0 bridgehead atoms. The number of rotatable bonds is 7. The SMILES string of the molecule is Cc1cccc(C(=O)NC(C)C(=O)Nc2ccc(OCc3ccccc3)nc2)c1. The summed E-state index contributed by atoms with van der Waals surface area (Å²) in [4.78, 5) is 28.8. The van der Waals surface area contributed by atoms with Crippen molar-refractivity contribution in [1.29, 1.82) is 0 Å². The Morgan fingerprint density at radius 2 is 1.83 bits per heavy atom. The monoisotopic (exact) mass is 389 g/mol. The molecule has 3 rings (SSSR count). The van der Waals surface area contributed by atoms with Crippen LogP contribution in [0.15, 0.2) is 72.9 Å². The summed E-state index contributed by atoms with van der Waals surface area (Å²) >= 11 is 0. The molecule has 1 heterocycles. The molecule has 0 aliphatic rings. The van der Waals surface area contributed by atoms with Crippen LogP contribution >= 0.6 is 0 Å². The second-order valence-electron chi connectivity index (χ2n) is 6.71. The lowest BCUT2D eigenvalue weighted by atomic mass is 10.1. The van der Waals surface area contributed by atoms with E-state index in [4.69, 9.17) is 4.74 Å². The van der Waals surface area contributed by atoms with E-state index in [1.807, 2.05) is 49.4 Å². The molecule has 1 atom stereocenters. The van der Waals surface area contributed by atoms with Gasteiger partial charge in [-0.3, -0.25) is 9.59 Å². The lowest BCUT2D eigenvalue weighted by Gasteiger charge is -2.14. The summed E-state index contributed by atoms with van der Waals surface area (Å²) < 4.78 is 5.63. The topological polar surface area (TPSA) is 80.3 Å². The molecule has 2 amide bonds. The molecule has 0 aliphatic heterocycles. The first-order chi connectivity index (χ1) is 14.0. The van der Waals surface area contributed by atoms with Gasteiger partial charge in [-0.1, -0.05) is 48.0 Å². The van der Waals surface area contributed by atoms with E-state index in [9.17, 15) is 9.59 Å². The van der Waals surface area contributed by atoms with Crippen molar-refractivity contribution in [1.82, 2.24) is 10.3 Å². The Morgan fingerprint density at radius 3 is 2.52 bits per heavy atom. The van der Waals surface area contributed by atoms with Gasteiger partial charge in [0.1, 0.15) is 12.6 Å². The summed E-state index contributed by atoms with van der Waals surface area (Å²) in [5.74, 6) is -0.155. The fraction of sp³-hybridized carbons (Fsp3) is 0.174. The molecule has 0 saturated carbocycles. The maximum Gasteiger partial charge on any atom is 0.251 e. The zero-order valence-electron chi connectivity index (χ0n) is 16.4. The summed E-state index contributed by atoms with van der Waals surface area (Å²) in [7, 11) is 0. The van der Waals surface area contributed by atoms with E-state index in [0.29, 0.717) is 23.7 Å². The average Bonchev–Trinajstić information content (AvgIpc) is 2.74. The van der Waals surface area contributed by atoms with Gasteiger partial charge < -0.3 is 15.4 Å². The number of hydrogen-bond acceptors (Lipinski definition) is 4. The van der Waals surface area contributed by atoms with Crippen LogP contribution in [0.4, 0.5) is 5.69 Å². The van der Waals surface area contributed by atoms with E-state index in [2.05, 4.69) is 15.6 Å². The number of benzene rings is 2. The van der Waals surface area contributed by atoms with Crippen molar-refractivity contribution in [3.05, 3.63) is 89.6 Å². The molecule has 148 valence electrons. The molecule has 29 heavy (non-hydrogen) atoms. The summed E-state index contributed by atoms with van der Waals surface area (Å²) in [5.41, 5.74) is 3.07. The van der Waals surface area contributed by atoms with Gasteiger partial charge in [0.25, 0.3) is 5.91 Å². The van der Waals surface area contributed by atoms with Gasteiger partial charge in [-0.15, -0.1) is 0 Å². The van der Waals surface area contributed by atoms with Crippen LogP contribution in [0, 0.1) is 6.92 Å². The third-order valence-electron chi connectivity index (χ3n) is 4.25. The summed E-state index contributed by atoms with van der Waals surface area (Å²) in [6.07, 6.45) is 1.52. The largest absolute Gasteiger partial charge is 0.473 e. The zero-order valence-corrected chi connectivity index (χ0v) is 16.4. The van der Waals surface area contributed by atoms with Gasteiger partial charge in [0.2, 0.25) is 11.8 Å². The Hall–Kier alpha value is -3.67. The van der Waals surface area contributed by atoms with E-state index in [1.165, 1.54) is 6.20 Å². The summed E-state index contributed by atoms with van der Waals surface area (Å²) in [6.45, 7) is 3.96. The van der Waals surface area contributed by atoms with Crippen LogP contribution < -0.4 is 15.4 Å². The highest BCUT2D eigenvalue weighted by Crippen LogP contribution is 2.14. The fourth-order valence-corrected chi connectivity index (χ4v) is 2.65. The van der Waals surface area contributed by atoms with Gasteiger partial charge in [-0.25, -0.2) is 4.98 Å². The van der Waals surface area contributed by atoms with Gasteiger partial charge in [0.15, 0.2) is 0 Å². The van der Waals surface area contributed by atoms with Gasteiger partial charge in [0.05, 0.1) is 11.9 Å². The first-order valence-electron chi connectivity index (χ1n) is 9.32. The lowest BCUT2D eigenvalue weighted by molar-refractivity contribution is -0.117. The predicted molar refractivity (Wildman–Crippen MR) is 112 cm³/mol. The van der Waals surface area contributed by atoms with E-state index in [-0.39, 0.29) is 11.8 Å². The van der Waals surface area contributed by atoms with Crippen LogP contribution in [0.25, 0.3) is 0 Å². The molecule has 1 aromatic heterocycles. The molecule has 2 aromatic carbocycles. The van der Waals surface area contributed by atoms with Crippen molar-refractivity contribution in [2.45, 2.75) is 26.5 Å². The van der Waals surface area contributed by atoms with Crippen LogP contribution in [-0.4, -0.2) is 22.8 Å². The van der Waals surface area contributed by atoms with Crippen molar-refractivity contribution in [3.63, 3.8) is 0 Å². The van der Waals surface area contributed by atoms with Gasteiger partial charge in [0, 0.05) is 11.6 Å². The second-order valence-corrected chi connectivity index (χ2v) is 6.71. The van der Waals surface area contributed by atoms with Gasteiger partial charge in [-0.2, -0.15) is 0 Å². The minimum atomic E-state index is -0.697. The predicted octanol–water partition coefficient (Wildman–Crippen LogP) is 3.73. The lowest BCUT2D eigenvalue weighted by Crippen LogP contribution is -2.41. The van der Waals surface area contributed by atoms with Crippen molar-refractivity contribution in [3.8, 4) is 5.88 Å². The smallest absolute Gasteiger partial charge is 0.251 e. The number of nitrogens with one attached hydrogen (secondary N) is 2. The Morgan fingerprint density at radius 1 is 1.03 bits per heavy atom. The standard InChI is InChI=1S/C23H23N3O3/c1-16-7-6-10-19(13-16)23(28)25-17(2)22(27)26-20-11-12-21(24-14-20)29-15-18-8-4-3-5-9-18/h3-14,17H,15H2,1-2H3,(H,25,28)(H,26,27). The summed E-state index contributed by atoms with van der Waals surface area (Å²) in [5, 5.41) is 5.44. The molecular weight excluding hydrogens is 366 g/mol. The Balaban J connectivity index is 1.51. The molecule has 1 unspecified atom stereocenters. The first-order valence-corrected chi connectivity index (χ1v) is 9.32. The average molecular weight is 389 g/mol. The molecule has 6 heteroatoms. The number of pyridine rings is 1. The van der Waals surface area contributed by atoms with Crippen molar-refractivity contribution in [2.24, 2.45) is 0 Å². The molecule has 2 N–H and O–H groups in total. The molecule has 0 fully saturated rings. The number of aryl methyl sites for hydroxylation is 1. The molecule has 0 aliphatic carbocycles. The number of ether oxygens (including phenoxy) is 1. The van der Waals surface area contributed by atoms with Crippen molar-refractivity contribution < 1.29 is 14.3 Å². The number of hydrogen-bond donors (Lipinski definition) is 2. The van der Waals surface area contributed by atoms with Crippen LogP contribution in [0.5, 0.6) is 5.88 Å². The third kappa shape index (κ3) is 5.90. The van der Waals surface area contributed by atoms with Crippen LogP contribution in [-0.2, 0) is 11.4 Å². The van der Waals surface area contributed by atoms with Gasteiger partial charge >= 0.3 is 0 Å². The number of nitrogens with zero attached hydrogens (tertiary/aromatic N) is 1. The number of anilines is 1. The number of carbonyl (C=O) groups excluding carboxylic acids is 2. The normalized spacial score (nSPS) is 11.4. The minimum absolute atomic E-state index is 0.292. The summed E-state index contributed by atoms with van der Waals surface area (Å²) in [6, 6.07) is 19.7. The highest BCUT2D eigenvalue weighted by Gasteiger charge is 2.17. The first kappa shape index (κ1) is 20.1. The number of carbonyl (C=O) groups is 2. The quantitative estimate of drug-likeness (QED) is 0.645. The number of amides is 2. The van der Waals surface area contributed by atoms with Crippen molar-refractivity contribution in [2.75, 3.05) is 5.32 Å².